The van der Waals surface area contributed by atoms with E-state index in [1.54, 1.807) is 6.92 Å². The zero-order chi connectivity index (χ0) is 37.5. The molecule has 0 rings (SSSR count). The first-order valence-electron chi connectivity index (χ1n) is 18.4. The molecule has 0 aromatic carbocycles. The summed E-state index contributed by atoms with van der Waals surface area (Å²) in [5.41, 5.74) is 0. The Morgan fingerprint density at radius 3 is 1.29 bits per heavy atom. The highest BCUT2D eigenvalue weighted by molar-refractivity contribution is 5.77. The smallest absolute Gasteiger partial charge is 0.306 e. The lowest BCUT2D eigenvalue weighted by Crippen LogP contribution is -2.31. The molecular weight excluding hydrogens is 644 g/mol. The van der Waals surface area contributed by atoms with Crippen LogP contribution in [0.3, 0.4) is 0 Å². The molecule has 0 bridgehead atoms. The number of carbonyl (C=O) groups excluding carboxylic acids is 4. The van der Waals surface area contributed by atoms with Gasteiger partial charge in [0.05, 0.1) is 19.4 Å². The maximum Gasteiger partial charge on any atom is 0.306 e. The summed E-state index contributed by atoms with van der Waals surface area (Å²) in [6.45, 7) is 7.09. The quantitative estimate of drug-likeness (QED) is 0.0304. The Kier molecular flexibility index (Phi) is 33.6. The summed E-state index contributed by atoms with van der Waals surface area (Å²) in [4.78, 5) is 48.6. The van der Waals surface area contributed by atoms with E-state index in [1.165, 1.54) is 0 Å². The Labute approximate surface area is 307 Å². The van der Waals surface area contributed by atoms with Gasteiger partial charge < -0.3 is 18.9 Å². The van der Waals surface area contributed by atoms with Gasteiger partial charge in [-0.15, -0.1) is 6.58 Å². The molecule has 0 saturated heterocycles. The zero-order valence-electron chi connectivity index (χ0n) is 31.1. The predicted molar refractivity (Wildman–Crippen MR) is 207 cm³/mol. The molecule has 0 saturated carbocycles. The summed E-state index contributed by atoms with van der Waals surface area (Å²) >= 11 is 0. The number of carbonyl (C=O) groups is 4. The fraction of sp³-hybridized carbons (Fsp3) is 0.488. The van der Waals surface area contributed by atoms with E-state index in [-0.39, 0.29) is 45.5 Å². The van der Waals surface area contributed by atoms with Crippen LogP contribution in [0, 0.1) is 0 Å². The van der Waals surface area contributed by atoms with Crippen molar-refractivity contribution >= 4 is 23.9 Å². The van der Waals surface area contributed by atoms with Crippen molar-refractivity contribution in [3.05, 3.63) is 110 Å². The summed E-state index contributed by atoms with van der Waals surface area (Å²) in [5.74, 6) is -2.02. The Morgan fingerprint density at radius 1 is 0.490 bits per heavy atom. The molecule has 0 aromatic rings. The van der Waals surface area contributed by atoms with E-state index < -0.39 is 30.0 Å². The SMILES string of the molecule is C=CC/C=C\C/C=C\C/C=C\C/C=C\CCCC(=O)OCC(COC(=O)CCC(=O)OCC)OC(=O)CCC/C=C\C/C=C\C/C=C\C/C=C\C. The largest absolute Gasteiger partial charge is 0.466 e. The van der Waals surface area contributed by atoms with Crippen molar-refractivity contribution in [2.24, 2.45) is 0 Å². The molecule has 0 aliphatic heterocycles. The first-order valence-corrected chi connectivity index (χ1v) is 18.4. The highest BCUT2D eigenvalue weighted by atomic mass is 16.6. The van der Waals surface area contributed by atoms with E-state index in [4.69, 9.17) is 18.9 Å². The van der Waals surface area contributed by atoms with Gasteiger partial charge in [-0.1, -0.05) is 103 Å². The van der Waals surface area contributed by atoms with Crippen LogP contribution < -0.4 is 0 Å². The summed E-state index contributed by atoms with van der Waals surface area (Å²) < 4.78 is 20.9. The van der Waals surface area contributed by atoms with Crippen molar-refractivity contribution in [2.45, 2.75) is 116 Å². The maximum atomic E-state index is 12.5. The average Bonchev–Trinajstić information content (AvgIpc) is 3.12. The summed E-state index contributed by atoms with van der Waals surface area (Å²) in [7, 11) is 0. The summed E-state index contributed by atoms with van der Waals surface area (Å²) in [6.07, 6.45) is 43.5. The third-order valence-electron chi connectivity index (χ3n) is 6.84. The lowest BCUT2D eigenvalue weighted by atomic mass is 10.2. The predicted octanol–water partition coefficient (Wildman–Crippen LogP) is 10.1. The zero-order valence-corrected chi connectivity index (χ0v) is 31.1. The fourth-order valence-corrected chi connectivity index (χ4v) is 4.14. The second kappa shape index (κ2) is 36.8. The Morgan fingerprint density at radius 2 is 0.863 bits per heavy atom. The topological polar surface area (TPSA) is 105 Å². The molecular formula is C43H62O8. The van der Waals surface area contributed by atoms with Gasteiger partial charge in [-0.3, -0.25) is 19.2 Å². The van der Waals surface area contributed by atoms with Crippen molar-refractivity contribution in [1.29, 1.82) is 0 Å². The molecule has 8 nitrogen and oxygen atoms in total. The standard InChI is InChI=1S/C43H62O8/c1-4-7-9-11-13-15-17-19-20-22-23-25-27-29-31-33-40(44)49-37-39(38-50-42(46)36-35-41(45)48-6-3)51-43(47)34-32-30-28-26-24-21-18-16-14-12-10-8-5-2/h4-5,8-9,11-12,14-15,17-18,20-22,25-28,39H,1,6-7,10,13,16,19,23-24,29-38H2,2-3H3/b8-5-,11-9-,14-12-,17-15-,21-18-,22-20-,27-25-,28-26-. The summed E-state index contributed by atoms with van der Waals surface area (Å²) in [6, 6.07) is 0. The number of hydrogen-bond acceptors (Lipinski definition) is 8. The van der Waals surface area contributed by atoms with Crippen LogP contribution in [0.15, 0.2) is 110 Å². The fourth-order valence-electron chi connectivity index (χ4n) is 4.14. The van der Waals surface area contributed by atoms with Crippen molar-refractivity contribution in [3.8, 4) is 0 Å². The average molecular weight is 707 g/mol. The van der Waals surface area contributed by atoms with Gasteiger partial charge in [0.1, 0.15) is 13.2 Å². The van der Waals surface area contributed by atoms with Crippen molar-refractivity contribution in [1.82, 2.24) is 0 Å². The second-order valence-electron chi connectivity index (χ2n) is 11.4. The van der Waals surface area contributed by atoms with Crippen LogP contribution in [0.2, 0.25) is 0 Å². The molecule has 0 aliphatic rings. The Hall–Kier alpha value is -4.46. The maximum absolute atomic E-state index is 12.5. The monoisotopic (exact) mass is 706 g/mol. The number of esters is 4. The van der Waals surface area contributed by atoms with E-state index >= 15 is 0 Å². The van der Waals surface area contributed by atoms with Crippen LogP contribution in [-0.2, 0) is 38.1 Å². The lowest BCUT2D eigenvalue weighted by molar-refractivity contribution is -0.167. The van der Waals surface area contributed by atoms with E-state index in [9.17, 15) is 19.2 Å². The van der Waals surface area contributed by atoms with Gasteiger partial charge in [-0.05, 0) is 84.5 Å². The molecule has 0 aliphatic carbocycles. The molecule has 0 radical (unpaired) electrons. The normalized spacial score (nSPS) is 12.8. The molecule has 0 N–H and O–H groups in total. The molecule has 282 valence electrons. The molecule has 1 atom stereocenters. The Bertz CT molecular complexity index is 1180. The molecule has 51 heavy (non-hydrogen) atoms. The second-order valence-corrected chi connectivity index (χ2v) is 11.4. The van der Waals surface area contributed by atoms with Crippen molar-refractivity contribution < 1.29 is 38.1 Å². The van der Waals surface area contributed by atoms with Crippen LogP contribution in [-0.4, -0.2) is 49.8 Å². The minimum absolute atomic E-state index is 0.111. The molecule has 0 amide bonds. The van der Waals surface area contributed by atoms with E-state index in [0.717, 1.165) is 51.4 Å². The van der Waals surface area contributed by atoms with Gasteiger partial charge in [0.25, 0.3) is 0 Å². The molecule has 1 unspecified atom stereocenters. The third-order valence-corrected chi connectivity index (χ3v) is 6.84. The van der Waals surface area contributed by atoms with E-state index in [1.807, 2.05) is 31.2 Å². The first-order chi connectivity index (χ1) is 24.9. The number of rotatable bonds is 31. The molecule has 0 fully saturated rings. The molecule has 8 heteroatoms. The minimum atomic E-state index is -0.948. The highest BCUT2D eigenvalue weighted by Gasteiger charge is 2.20. The highest BCUT2D eigenvalue weighted by Crippen LogP contribution is 2.07. The number of ether oxygens (including phenoxy) is 4. The first kappa shape index (κ1) is 46.5. The number of allylic oxidation sites excluding steroid dienone is 17. The van der Waals surface area contributed by atoms with E-state index in [2.05, 4.69) is 85.6 Å². The van der Waals surface area contributed by atoms with Gasteiger partial charge in [-0.2, -0.15) is 0 Å². The van der Waals surface area contributed by atoms with E-state index in [0.29, 0.717) is 19.3 Å². The molecule has 0 aromatic heterocycles. The molecule has 0 spiro atoms. The van der Waals surface area contributed by atoms with Crippen molar-refractivity contribution in [2.75, 3.05) is 19.8 Å². The van der Waals surface area contributed by atoms with Gasteiger partial charge in [0.15, 0.2) is 6.10 Å². The van der Waals surface area contributed by atoms with Crippen LogP contribution in [0.25, 0.3) is 0 Å². The van der Waals surface area contributed by atoms with Crippen LogP contribution in [0.4, 0.5) is 0 Å². The molecule has 0 heterocycles. The number of unbranched alkanes of at least 4 members (excludes halogenated alkanes) is 2. The van der Waals surface area contributed by atoms with Gasteiger partial charge in [-0.25, -0.2) is 0 Å². The Balaban J connectivity index is 4.54. The van der Waals surface area contributed by atoms with Crippen molar-refractivity contribution in [3.63, 3.8) is 0 Å². The van der Waals surface area contributed by atoms with Gasteiger partial charge in [0, 0.05) is 12.8 Å². The van der Waals surface area contributed by atoms with Crippen LogP contribution in [0.5, 0.6) is 0 Å². The third kappa shape index (κ3) is 35.2. The van der Waals surface area contributed by atoms with Gasteiger partial charge in [0.2, 0.25) is 0 Å². The van der Waals surface area contributed by atoms with Crippen LogP contribution >= 0.6 is 0 Å². The lowest BCUT2D eigenvalue weighted by Gasteiger charge is -2.18. The minimum Gasteiger partial charge on any atom is -0.466 e. The number of hydrogen-bond donors (Lipinski definition) is 0. The summed E-state index contributed by atoms with van der Waals surface area (Å²) in [5, 5.41) is 0. The van der Waals surface area contributed by atoms with Crippen LogP contribution in [0.1, 0.15) is 110 Å². The van der Waals surface area contributed by atoms with Gasteiger partial charge >= 0.3 is 23.9 Å².